The van der Waals surface area contributed by atoms with E-state index < -0.39 is 0 Å². The van der Waals surface area contributed by atoms with Gasteiger partial charge >= 0.3 is 0 Å². The molecule has 0 amide bonds. The summed E-state index contributed by atoms with van der Waals surface area (Å²) >= 11 is 0. The summed E-state index contributed by atoms with van der Waals surface area (Å²) in [7, 11) is 1.94. The predicted molar refractivity (Wildman–Crippen MR) is 61.2 cm³/mol. The van der Waals surface area contributed by atoms with Crippen LogP contribution in [0.1, 0.15) is 26.0 Å². The fourth-order valence-electron chi connectivity index (χ4n) is 1.47. The third kappa shape index (κ3) is 3.41. The molecule has 1 rings (SSSR count). The lowest BCUT2D eigenvalue weighted by atomic mass is 9.91. The maximum Gasteiger partial charge on any atom is 0.0684 e. The normalized spacial score (nSPS) is 11.3. The molecular weight excluding hydrogens is 186 g/mol. The van der Waals surface area contributed by atoms with Crippen molar-refractivity contribution in [3.8, 4) is 6.07 Å². The summed E-state index contributed by atoms with van der Waals surface area (Å²) in [6.45, 7) is 5.74. The molecule has 1 heterocycles. The van der Waals surface area contributed by atoms with E-state index in [1.54, 1.807) is 0 Å². The van der Waals surface area contributed by atoms with Gasteiger partial charge in [-0.1, -0.05) is 0 Å². The van der Waals surface area contributed by atoms with E-state index in [0.717, 1.165) is 19.5 Å². The largest absolute Gasteiger partial charge is 0.350 e. The standard InChI is InChI=1S/C12H19N3/c1-12(2,10-13)6-8-15-7-4-5-11(15)9-14-3/h4-5,7,14H,6,8-9H2,1-3H3. The van der Waals surface area contributed by atoms with Crippen LogP contribution >= 0.6 is 0 Å². The summed E-state index contributed by atoms with van der Waals surface area (Å²) in [5.74, 6) is 0. The first kappa shape index (κ1) is 11.8. The van der Waals surface area contributed by atoms with E-state index in [4.69, 9.17) is 5.26 Å². The average Bonchev–Trinajstić information content (AvgIpc) is 2.64. The summed E-state index contributed by atoms with van der Waals surface area (Å²) in [4.78, 5) is 0. The lowest BCUT2D eigenvalue weighted by Crippen LogP contribution is -2.15. The van der Waals surface area contributed by atoms with Crippen LogP contribution in [0.15, 0.2) is 18.3 Å². The Kier molecular flexibility index (Phi) is 3.93. The second kappa shape index (κ2) is 4.99. The number of hydrogen-bond acceptors (Lipinski definition) is 2. The van der Waals surface area contributed by atoms with Crippen molar-refractivity contribution >= 4 is 0 Å². The van der Waals surface area contributed by atoms with Crippen LogP contribution in [0.5, 0.6) is 0 Å². The quantitative estimate of drug-likeness (QED) is 0.800. The monoisotopic (exact) mass is 205 g/mol. The molecule has 0 saturated heterocycles. The number of nitriles is 1. The number of hydrogen-bond donors (Lipinski definition) is 1. The third-order valence-electron chi connectivity index (χ3n) is 2.56. The molecule has 0 aliphatic rings. The highest BCUT2D eigenvalue weighted by atomic mass is 15.0. The topological polar surface area (TPSA) is 40.8 Å². The fourth-order valence-corrected chi connectivity index (χ4v) is 1.47. The fraction of sp³-hybridized carbons (Fsp3) is 0.583. The smallest absolute Gasteiger partial charge is 0.0684 e. The molecule has 0 aromatic carbocycles. The molecule has 15 heavy (non-hydrogen) atoms. The molecule has 3 heteroatoms. The molecule has 0 unspecified atom stereocenters. The molecule has 3 nitrogen and oxygen atoms in total. The highest BCUT2D eigenvalue weighted by Crippen LogP contribution is 2.20. The van der Waals surface area contributed by atoms with Crippen molar-refractivity contribution in [2.24, 2.45) is 5.41 Å². The van der Waals surface area contributed by atoms with Gasteiger partial charge in [-0.25, -0.2) is 0 Å². The Morgan fingerprint density at radius 3 is 2.87 bits per heavy atom. The molecule has 0 saturated carbocycles. The highest BCUT2D eigenvalue weighted by molar-refractivity contribution is 5.07. The van der Waals surface area contributed by atoms with Crippen LogP contribution in [0.3, 0.4) is 0 Å². The first-order chi connectivity index (χ1) is 7.09. The minimum atomic E-state index is -0.235. The molecule has 0 aliphatic carbocycles. The van der Waals surface area contributed by atoms with Gasteiger partial charge < -0.3 is 9.88 Å². The number of rotatable bonds is 5. The molecule has 0 fully saturated rings. The van der Waals surface area contributed by atoms with Crippen molar-refractivity contribution in [1.82, 2.24) is 9.88 Å². The van der Waals surface area contributed by atoms with E-state index >= 15 is 0 Å². The Morgan fingerprint density at radius 2 is 2.27 bits per heavy atom. The van der Waals surface area contributed by atoms with Crippen molar-refractivity contribution in [2.45, 2.75) is 33.4 Å². The van der Waals surface area contributed by atoms with E-state index in [2.05, 4.69) is 28.2 Å². The number of nitrogens with one attached hydrogen (secondary N) is 1. The third-order valence-corrected chi connectivity index (χ3v) is 2.56. The van der Waals surface area contributed by atoms with Gasteiger partial charge in [0.1, 0.15) is 0 Å². The minimum Gasteiger partial charge on any atom is -0.350 e. The molecule has 0 bridgehead atoms. The Bertz CT molecular complexity index is 344. The summed E-state index contributed by atoms with van der Waals surface area (Å²) < 4.78 is 2.20. The maximum atomic E-state index is 8.92. The summed E-state index contributed by atoms with van der Waals surface area (Å²) in [5.41, 5.74) is 1.03. The van der Waals surface area contributed by atoms with E-state index in [1.807, 2.05) is 27.0 Å². The molecule has 0 spiro atoms. The van der Waals surface area contributed by atoms with Crippen molar-refractivity contribution in [1.29, 1.82) is 5.26 Å². The predicted octanol–water partition coefficient (Wildman–Crippen LogP) is 2.15. The zero-order valence-corrected chi connectivity index (χ0v) is 9.75. The van der Waals surface area contributed by atoms with Gasteiger partial charge in [-0.15, -0.1) is 0 Å². The van der Waals surface area contributed by atoms with E-state index in [-0.39, 0.29) is 5.41 Å². The van der Waals surface area contributed by atoms with Gasteiger partial charge in [-0.2, -0.15) is 5.26 Å². The van der Waals surface area contributed by atoms with Crippen molar-refractivity contribution in [2.75, 3.05) is 7.05 Å². The number of aryl methyl sites for hydroxylation is 1. The van der Waals surface area contributed by atoms with Gasteiger partial charge in [0.05, 0.1) is 11.5 Å². The van der Waals surface area contributed by atoms with Crippen molar-refractivity contribution in [3.05, 3.63) is 24.0 Å². The molecular formula is C12H19N3. The molecule has 1 N–H and O–H groups in total. The van der Waals surface area contributed by atoms with E-state index in [1.165, 1.54) is 5.69 Å². The lowest BCUT2D eigenvalue weighted by Gasteiger charge is -2.16. The zero-order chi connectivity index (χ0) is 11.3. The van der Waals surface area contributed by atoms with Crippen LogP contribution in [0.25, 0.3) is 0 Å². The zero-order valence-electron chi connectivity index (χ0n) is 9.75. The minimum absolute atomic E-state index is 0.235. The van der Waals surface area contributed by atoms with Gasteiger partial charge in [-0.05, 0) is 39.4 Å². The van der Waals surface area contributed by atoms with Gasteiger partial charge in [0, 0.05) is 25.0 Å². The first-order valence-corrected chi connectivity index (χ1v) is 5.29. The molecule has 0 atom stereocenters. The van der Waals surface area contributed by atoms with Crippen LogP contribution < -0.4 is 5.32 Å². The van der Waals surface area contributed by atoms with Crippen molar-refractivity contribution in [3.63, 3.8) is 0 Å². The van der Waals surface area contributed by atoms with Crippen LogP contribution in [-0.4, -0.2) is 11.6 Å². The second-order valence-corrected chi connectivity index (χ2v) is 4.47. The van der Waals surface area contributed by atoms with E-state index in [9.17, 15) is 0 Å². The summed E-state index contributed by atoms with van der Waals surface area (Å²) in [6.07, 6.45) is 2.95. The van der Waals surface area contributed by atoms with Gasteiger partial charge in [-0.3, -0.25) is 0 Å². The SMILES string of the molecule is CNCc1cccn1CCC(C)(C)C#N. The Labute approximate surface area is 91.7 Å². The second-order valence-electron chi connectivity index (χ2n) is 4.47. The number of nitrogens with zero attached hydrogens (tertiary/aromatic N) is 2. The maximum absolute atomic E-state index is 8.92. The number of aromatic nitrogens is 1. The van der Waals surface area contributed by atoms with Gasteiger partial charge in [0.25, 0.3) is 0 Å². The van der Waals surface area contributed by atoms with Crippen molar-refractivity contribution < 1.29 is 0 Å². The van der Waals surface area contributed by atoms with Crippen LogP contribution in [0, 0.1) is 16.7 Å². The Hall–Kier alpha value is -1.27. The lowest BCUT2D eigenvalue weighted by molar-refractivity contribution is 0.409. The highest BCUT2D eigenvalue weighted by Gasteiger charge is 2.16. The van der Waals surface area contributed by atoms with Crippen LogP contribution in [0.4, 0.5) is 0 Å². The molecule has 1 aromatic heterocycles. The Morgan fingerprint density at radius 1 is 1.53 bits per heavy atom. The molecule has 0 aliphatic heterocycles. The Balaban J connectivity index is 2.58. The van der Waals surface area contributed by atoms with Gasteiger partial charge in [0.15, 0.2) is 0 Å². The molecule has 0 radical (unpaired) electrons. The average molecular weight is 205 g/mol. The first-order valence-electron chi connectivity index (χ1n) is 5.29. The summed E-state index contributed by atoms with van der Waals surface area (Å²) in [5, 5.41) is 12.1. The molecule has 82 valence electrons. The van der Waals surface area contributed by atoms with Crippen LogP contribution in [-0.2, 0) is 13.1 Å². The van der Waals surface area contributed by atoms with Crippen LogP contribution in [0.2, 0.25) is 0 Å². The van der Waals surface area contributed by atoms with E-state index in [0.29, 0.717) is 0 Å². The summed E-state index contributed by atoms with van der Waals surface area (Å²) in [6, 6.07) is 6.48. The van der Waals surface area contributed by atoms with Gasteiger partial charge in [0.2, 0.25) is 0 Å². The molecule has 1 aromatic rings.